The molecule has 0 N–H and O–H groups in total. The minimum Gasteiger partial charge on any atom is -0.374 e. The van der Waals surface area contributed by atoms with Crippen molar-refractivity contribution in [1.82, 2.24) is 0 Å². The van der Waals surface area contributed by atoms with Gasteiger partial charge >= 0.3 is 0 Å². The smallest absolute Gasteiger partial charge is 0.113 e. The lowest BCUT2D eigenvalue weighted by Gasteiger charge is -2.36. The molecule has 0 radical (unpaired) electrons. The van der Waals surface area contributed by atoms with Crippen molar-refractivity contribution in [3.05, 3.63) is 34.9 Å². The van der Waals surface area contributed by atoms with Gasteiger partial charge in [0.25, 0.3) is 0 Å². The van der Waals surface area contributed by atoms with E-state index < -0.39 is 0 Å². The minimum atomic E-state index is 0.0456. The van der Waals surface area contributed by atoms with Crippen LogP contribution >= 0.6 is 0 Å². The summed E-state index contributed by atoms with van der Waals surface area (Å²) in [4.78, 5) is 0. The summed E-state index contributed by atoms with van der Waals surface area (Å²) in [7, 11) is 3.49. The maximum absolute atomic E-state index is 5.58. The van der Waals surface area contributed by atoms with Crippen LogP contribution < -0.4 is 0 Å². The number of hydrogen-bond donors (Lipinski definition) is 0. The van der Waals surface area contributed by atoms with Crippen molar-refractivity contribution < 1.29 is 9.47 Å². The first-order chi connectivity index (χ1) is 7.49. The number of methoxy groups -OCH3 is 2. The van der Waals surface area contributed by atoms with E-state index in [1.165, 1.54) is 16.7 Å². The molecule has 0 aliphatic heterocycles. The van der Waals surface area contributed by atoms with Gasteiger partial charge in [-0.2, -0.15) is 0 Å². The molecule has 0 amide bonds. The Labute approximate surface area is 97.6 Å². The molecule has 2 aliphatic rings. The average Bonchev–Trinajstić information content (AvgIpc) is 2.26. The van der Waals surface area contributed by atoms with Crippen molar-refractivity contribution in [2.75, 3.05) is 14.2 Å². The fourth-order valence-corrected chi connectivity index (χ4v) is 2.50. The summed E-state index contributed by atoms with van der Waals surface area (Å²) in [5, 5.41) is 0. The van der Waals surface area contributed by atoms with E-state index in [2.05, 4.69) is 39.0 Å². The second-order valence-corrected chi connectivity index (χ2v) is 5.41. The highest BCUT2D eigenvalue weighted by Crippen LogP contribution is 2.45. The van der Waals surface area contributed by atoms with Crippen molar-refractivity contribution in [2.24, 2.45) is 0 Å². The van der Waals surface area contributed by atoms with E-state index in [-0.39, 0.29) is 17.6 Å². The number of hydrogen-bond acceptors (Lipinski definition) is 2. The molecular weight excluding hydrogens is 200 g/mol. The second kappa shape index (κ2) is 3.86. The third-order valence-corrected chi connectivity index (χ3v) is 3.30. The van der Waals surface area contributed by atoms with Gasteiger partial charge in [-0.25, -0.2) is 0 Å². The Balaban J connectivity index is 2.54. The molecule has 2 unspecified atom stereocenters. The maximum Gasteiger partial charge on any atom is 0.113 e. The molecule has 0 spiro atoms. The number of rotatable bonds is 2. The molecule has 0 saturated carbocycles. The summed E-state index contributed by atoms with van der Waals surface area (Å²) in [6.07, 6.45) is 0.0975. The van der Waals surface area contributed by atoms with Gasteiger partial charge in [0, 0.05) is 14.2 Å². The zero-order valence-electron chi connectivity index (χ0n) is 10.7. The highest BCUT2D eigenvalue weighted by molar-refractivity contribution is 5.44. The first-order valence-corrected chi connectivity index (χ1v) is 5.69. The Hall–Kier alpha value is -0.860. The van der Waals surface area contributed by atoms with E-state index >= 15 is 0 Å². The third kappa shape index (κ3) is 1.66. The lowest BCUT2D eigenvalue weighted by Crippen LogP contribution is -2.26. The van der Waals surface area contributed by atoms with E-state index in [1.807, 2.05) is 0 Å². The maximum atomic E-state index is 5.58. The molecule has 0 aromatic heterocycles. The van der Waals surface area contributed by atoms with E-state index in [0.717, 1.165) is 0 Å². The zero-order valence-corrected chi connectivity index (χ0v) is 10.7. The van der Waals surface area contributed by atoms with Crippen LogP contribution in [0.2, 0.25) is 0 Å². The highest BCUT2D eigenvalue weighted by Gasteiger charge is 2.35. The summed E-state index contributed by atoms with van der Waals surface area (Å²) in [5.41, 5.74) is 4.00. The van der Waals surface area contributed by atoms with Crippen LogP contribution in [0.4, 0.5) is 0 Å². The van der Waals surface area contributed by atoms with Crippen LogP contribution in [-0.4, -0.2) is 14.2 Å². The Morgan fingerprint density at radius 1 is 1.00 bits per heavy atom. The first kappa shape index (κ1) is 11.6. The Morgan fingerprint density at radius 3 is 2.12 bits per heavy atom. The molecule has 1 aromatic carbocycles. The van der Waals surface area contributed by atoms with Crippen LogP contribution in [-0.2, 0) is 14.9 Å². The normalized spacial score (nSPS) is 23.8. The van der Waals surface area contributed by atoms with Gasteiger partial charge in [0.05, 0.1) is 0 Å². The lowest BCUT2D eigenvalue weighted by molar-refractivity contribution is -0.0442. The largest absolute Gasteiger partial charge is 0.374 e. The fraction of sp³-hybridized carbons (Fsp3) is 0.571. The molecule has 2 aliphatic carbocycles. The fourth-order valence-electron chi connectivity index (χ4n) is 2.50. The van der Waals surface area contributed by atoms with Gasteiger partial charge in [0.1, 0.15) is 12.2 Å². The van der Waals surface area contributed by atoms with Crippen LogP contribution in [0.3, 0.4) is 0 Å². The van der Waals surface area contributed by atoms with Gasteiger partial charge in [-0.15, -0.1) is 0 Å². The first-order valence-electron chi connectivity index (χ1n) is 5.69. The Bertz CT molecular complexity index is 390. The zero-order chi connectivity index (χ0) is 11.9. The third-order valence-electron chi connectivity index (χ3n) is 3.30. The number of ether oxygens (including phenoxy) is 2. The Morgan fingerprint density at radius 2 is 1.62 bits per heavy atom. The lowest BCUT2D eigenvalue weighted by atomic mass is 9.76. The molecule has 1 aromatic rings. The molecule has 3 rings (SSSR count). The minimum absolute atomic E-state index is 0.0456. The van der Waals surface area contributed by atoms with Gasteiger partial charge in [0.2, 0.25) is 0 Å². The predicted octanol–water partition coefficient (Wildman–Crippen LogP) is 3.37. The molecule has 16 heavy (non-hydrogen) atoms. The average molecular weight is 220 g/mol. The summed E-state index contributed by atoms with van der Waals surface area (Å²) < 4.78 is 11.1. The molecule has 0 fully saturated rings. The van der Waals surface area contributed by atoms with Crippen LogP contribution in [0.5, 0.6) is 0 Å². The van der Waals surface area contributed by atoms with Crippen molar-refractivity contribution >= 4 is 0 Å². The second-order valence-electron chi connectivity index (χ2n) is 5.41. The summed E-state index contributed by atoms with van der Waals surface area (Å²) in [6.45, 7) is 6.69. The molecular formula is C14H20O2. The van der Waals surface area contributed by atoms with E-state index in [4.69, 9.17) is 9.47 Å². The highest BCUT2D eigenvalue weighted by atomic mass is 16.5. The standard InChI is InChI=1S/C14H20O2/c1-14(2,3)11-8-9-6-7-10(11)13(16-5)12(9)15-4/h6-8,12-13H,1-5H3. The molecule has 0 heterocycles. The van der Waals surface area contributed by atoms with Crippen molar-refractivity contribution in [1.29, 1.82) is 0 Å². The topological polar surface area (TPSA) is 18.5 Å². The summed E-state index contributed by atoms with van der Waals surface area (Å²) in [5.74, 6) is 0. The van der Waals surface area contributed by atoms with Crippen LogP contribution in [0.15, 0.2) is 18.2 Å². The van der Waals surface area contributed by atoms with Gasteiger partial charge in [-0.3, -0.25) is 0 Å². The monoisotopic (exact) mass is 220 g/mol. The van der Waals surface area contributed by atoms with Crippen molar-refractivity contribution in [3.63, 3.8) is 0 Å². The van der Waals surface area contributed by atoms with Gasteiger partial charge in [0.15, 0.2) is 0 Å². The molecule has 2 nitrogen and oxygen atoms in total. The quantitative estimate of drug-likeness (QED) is 0.760. The van der Waals surface area contributed by atoms with E-state index in [0.29, 0.717) is 0 Å². The van der Waals surface area contributed by atoms with E-state index in [1.54, 1.807) is 14.2 Å². The molecule has 2 atom stereocenters. The van der Waals surface area contributed by atoms with Crippen molar-refractivity contribution in [3.8, 4) is 0 Å². The predicted molar refractivity (Wildman–Crippen MR) is 64.6 cm³/mol. The molecule has 2 bridgehead atoms. The van der Waals surface area contributed by atoms with Crippen LogP contribution in [0.25, 0.3) is 0 Å². The van der Waals surface area contributed by atoms with Gasteiger partial charge in [-0.1, -0.05) is 39.0 Å². The molecule has 2 heteroatoms. The van der Waals surface area contributed by atoms with Gasteiger partial charge < -0.3 is 9.47 Å². The van der Waals surface area contributed by atoms with Crippen LogP contribution in [0.1, 0.15) is 49.7 Å². The number of benzene rings is 1. The Kier molecular flexibility index (Phi) is 2.81. The molecule has 0 saturated heterocycles. The SMILES string of the molecule is COC1c2ccc(c(C(C)(C)C)c2)C1OC. The van der Waals surface area contributed by atoms with E-state index in [9.17, 15) is 0 Å². The summed E-state index contributed by atoms with van der Waals surface area (Å²) in [6, 6.07) is 6.55. The summed E-state index contributed by atoms with van der Waals surface area (Å²) >= 11 is 0. The van der Waals surface area contributed by atoms with Crippen LogP contribution in [0, 0.1) is 0 Å². The van der Waals surface area contributed by atoms with Crippen molar-refractivity contribution in [2.45, 2.75) is 38.4 Å². The molecule has 88 valence electrons. The number of fused-ring (bicyclic) bond motifs is 3. The van der Waals surface area contributed by atoms with Gasteiger partial charge in [-0.05, 0) is 22.1 Å².